The molecule has 0 amide bonds. The first-order valence-corrected chi connectivity index (χ1v) is 5.68. The molecule has 0 saturated carbocycles. The summed E-state index contributed by atoms with van der Waals surface area (Å²) in [6, 6.07) is 1.76. The Bertz CT molecular complexity index is 417. The Balaban J connectivity index is 2.61. The van der Waals surface area contributed by atoms with Gasteiger partial charge in [0, 0.05) is 12.5 Å². The molecule has 0 saturated heterocycles. The standard InChI is InChI=1S/C11H11BrO4/c1-14-10-7(6-13)11-9(5-8(10)12)15-3-2-4-16-11/h5-6H,2-4H2,1H3. The summed E-state index contributed by atoms with van der Waals surface area (Å²) in [4.78, 5) is 11.1. The lowest BCUT2D eigenvalue weighted by Crippen LogP contribution is -2.00. The lowest BCUT2D eigenvalue weighted by Gasteiger charge is -2.14. The maximum absolute atomic E-state index is 11.1. The van der Waals surface area contributed by atoms with Gasteiger partial charge in [0.25, 0.3) is 0 Å². The fourth-order valence-electron chi connectivity index (χ4n) is 1.60. The van der Waals surface area contributed by atoms with E-state index in [0.717, 1.165) is 12.7 Å². The van der Waals surface area contributed by atoms with Crippen LogP contribution in [0.15, 0.2) is 10.5 Å². The van der Waals surface area contributed by atoms with Crippen LogP contribution in [0.1, 0.15) is 16.8 Å². The van der Waals surface area contributed by atoms with Crippen molar-refractivity contribution in [2.75, 3.05) is 20.3 Å². The van der Waals surface area contributed by atoms with Crippen molar-refractivity contribution in [1.82, 2.24) is 0 Å². The summed E-state index contributed by atoms with van der Waals surface area (Å²) in [5, 5.41) is 0. The lowest BCUT2D eigenvalue weighted by molar-refractivity contribution is 0.111. The van der Waals surface area contributed by atoms with Gasteiger partial charge in [0.1, 0.15) is 11.3 Å². The van der Waals surface area contributed by atoms with Crippen molar-refractivity contribution in [2.45, 2.75) is 6.42 Å². The summed E-state index contributed by atoms with van der Waals surface area (Å²) < 4.78 is 16.9. The second-order valence-corrected chi connectivity index (χ2v) is 4.16. The van der Waals surface area contributed by atoms with E-state index in [4.69, 9.17) is 14.2 Å². The number of rotatable bonds is 2. The first-order valence-electron chi connectivity index (χ1n) is 4.89. The second-order valence-electron chi connectivity index (χ2n) is 3.30. The number of carbonyl (C=O) groups is 1. The van der Waals surface area contributed by atoms with Gasteiger partial charge in [-0.2, -0.15) is 0 Å². The number of hydrogen-bond acceptors (Lipinski definition) is 4. The van der Waals surface area contributed by atoms with Gasteiger partial charge in [-0.3, -0.25) is 4.79 Å². The fourth-order valence-corrected chi connectivity index (χ4v) is 2.18. The van der Waals surface area contributed by atoms with Gasteiger partial charge < -0.3 is 14.2 Å². The molecule has 0 N–H and O–H groups in total. The number of halogens is 1. The van der Waals surface area contributed by atoms with E-state index in [2.05, 4.69) is 15.9 Å². The van der Waals surface area contributed by atoms with Crippen LogP contribution in [0.25, 0.3) is 0 Å². The number of methoxy groups -OCH3 is 1. The predicted octanol–water partition coefficient (Wildman–Crippen LogP) is 2.43. The average molecular weight is 287 g/mol. The van der Waals surface area contributed by atoms with Crippen LogP contribution < -0.4 is 14.2 Å². The number of carbonyl (C=O) groups excluding carboxylic acids is 1. The Morgan fingerprint density at radius 3 is 2.88 bits per heavy atom. The van der Waals surface area contributed by atoms with Crippen LogP contribution in [0.4, 0.5) is 0 Å². The molecule has 1 aromatic carbocycles. The van der Waals surface area contributed by atoms with Gasteiger partial charge in [0.05, 0.1) is 24.8 Å². The van der Waals surface area contributed by atoms with Crippen molar-refractivity contribution in [2.24, 2.45) is 0 Å². The SMILES string of the molecule is COc1c(Br)cc2c(c1C=O)OCCCO2. The molecule has 2 rings (SSSR count). The first-order chi connectivity index (χ1) is 7.77. The summed E-state index contributed by atoms with van der Waals surface area (Å²) in [5.74, 6) is 1.51. The van der Waals surface area contributed by atoms with E-state index >= 15 is 0 Å². The van der Waals surface area contributed by atoms with Crippen molar-refractivity contribution in [3.05, 3.63) is 16.1 Å². The maximum Gasteiger partial charge on any atom is 0.175 e. The zero-order valence-corrected chi connectivity index (χ0v) is 10.4. The molecule has 0 fully saturated rings. The molecule has 86 valence electrons. The van der Waals surface area contributed by atoms with E-state index in [0.29, 0.717) is 40.5 Å². The summed E-state index contributed by atoms with van der Waals surface area (Å²) >= 11 is 3.33. The highest BCUT2D eigenvalue weighted by molar-refractivity contribution is 9.10. The van der Waals surface area contributed by atoms with Crippen LogP contribution in [0, 0.1) is 0 Å². The highest BCUT2D eigenvalue weighted by atomic mass is 79.9. The molecule has 0 aliphatic carbocycles. The Morgan fingerprint density at radius 2 is 2.19 bits per heavy atom. The molecular weight excluding hydrogens is 276 g/mol. The van der Waals surface area contributed by atoms with Gasteiger partial charge in [0.15, 0.2) is 17.8 Å². The van der Waals surface area contributed by atoms with E-state index in [1.165, 1.54) is 7.11 Å². The van der Waals surface area contributed by atoms with E-state index < -0.39 is 0 Å². The van der Waals surface area contributed by atoms with Crippen LogP contribution in [0.2, 0.25) is 0 Å². The summed E-state index contributed by atoms with van der Waals surface area (Å²) in [6.45, 7) is 1.13. The molecule has 1 aliphatic rings. The molecule has 1 aliphatic heterocycles. The molecule has 0 spiro atoms. The largest absolute Gasteiger partial charge is 0.495 e. The zero-order chi connectivity index (χ0) is 11.5. The van der Waals surface area contributed by atoms with E-state index in [-0.39, 0.29) is 0 Å². The molecule has 1 heterocycles. The van der Waals surface area contributed by atoms with Gasteiger partial charge in [0.2, 0.25) is 0 Å². The molecule has 4 nitrogen and oxygen atoms in total. The van der Waals surface area contributed by atoms with Crippen molar-refractivity contribution in [3.63, 3.8) is 0 Å². The normalized spacial score (nSPS) is 14.1. The molecule has 0 unspecified atom stereocenters. The minimum atomic E-state index is 0.383. The van der Waals surface area contributed by atoms with Crippen LogP contribution >= 0.6 is 15.9 Å². The Hall–Kier alpha value is -1.23. The highest BCUT2D eigenvalue weighted by Gasteiger charge is 2.21. The zero-order valence-electron chi connectivity index (χ0n) is 8.79. The summed E-state index contributed by atoms with van der Waals surface area (Å²) in [6.07, 6.45) is 1.52. The van der Waals surface area contributed by atoms with Crippen molar-refractivity contribution in [1.29, 1.82) is 0 Å². The van der Waals surface area contributed by atoms with E-state index in [1.807, 2.05) is 0 Å². The number of fused-ring (bicyclic) bond motifs is 1. The quantitative estimate of drug-likeness (QED) is 0.784. The molecular formula is C11H11BrO4. The van der Waals surface area contributed by atoms with Crippen molar-refractivity contribution < 1.29 is 19.0 Å². The van der Waals surface area contributed by atoms with Crippen molar-refractivity contribution in [3.8, 4) is 17.2 Å². The van der Waals surface area contributed by atoms with Crippen LogP contribution in [0.5, 0.6) is 17.2 Å². The number of ether oxygens (including phenoxy) is 3. The second kappa shape index (κ2) is 4.74. The predicted molar refractivity (Wildman–Crippen MR) is 61.7 cm³/mol. The molecule has 0 atom stereocenters. The monoisotopic (exact) mass is 286 g/mol. The third-order valence-electron chi connectivity index (χ3n) is 2.30. The molecule has 0 radical (unpaired) electrons. The highest BCUT2D eigenvalue weighted by Crippen LogP contribution is 2.42. The average Bonchev–Trinajstić information content (AvgIpc) is 2.52. The minimum Gasteiger partial charge on any atom is -0.495 e. The fraction of sp³-hybridized carbons (Fsp3) is 0.364. The van der Waals surface area contributed by atoms with Gasteiger partial charge in [-0.1, -0.05) is 0 Å². The molecule has 0 aromatic heterocycles. The lowest BCUT2D eigenvalue weighted by atomic mass is 10.2. The molecule has 16 heavy (non-hydrogen) atoms. The summed E-state index contributed by atoms with van der Waals surface area (Å²) in [7, 11) is 1.51. The molecule has 5 heteroatoms. The first kappa shape index (κ1) is 11.3. The van der Waals surface area contributed by atoms with Crippen molar-refractivity contribution >= 4 is 22.2 Å². The smallest absolute Gasteiger partial charge is 0.175 e. The molecule has 1 aromatic rings. The topological polar surface area (TPSA) is 44.8 Å². The Labute approximate surface area is 102 Å². The van der Waals surface area contributed by atoms with Gasteiger partial charge >= 0.3 is 0 Å². The number of benzene rings is 1. The molecule has 0 bridgehead atoms. The summed E-state index contributed by atoms with van der Waals surface area (Å²) in [5.41, 5.74) is 0.383. The third kappa shape index (κ3) is 1.87. The number of aldehydes is 1. The van der Waals surface area contributed by atoms with Gasteiger partial charge in [-0.25, -0.2) is 0 Å². The van der Waals surface area contributed by atoms with Crippen LogP contribution in [-0.2, 0) is 0 Å². The van der Waals surface area contributed by atoms with E-state index in [1.54, 1.807) is 6.07 Å². The van der Waals surface area contributed by atoms with Gasteiger partial charge in [-0.05, 0) is 15.9 Å². The van der Waals surface area contributed by atoms with Gasteiger partial charge in [-0.15, -0.1) is 0 Å². The van der Waals surface area contributed by atoms with Crippen LogP contribution in [0.3, 0.4) is 0 Å². The number of hydrogen-bond donors (Lipinski definition) is 0. The minimum absolute atomic E-state index is 0.383. The van der Waals surface area contributed by atoms with E-state index in [9.17, 15) is 4.79 Å². The van der Waals surface area contributed by atoms with Crippen LogP contribution in [-0.4, -0.2) is 26.6 Å². The maximum atomic E-state index is 11.1. The Morgan fingerprint density at radius 1 is 1.44 bits per heavy atom. The third-order valence-corrected chi connectivity index (χ3v) is 2.89. The Kier molecular flexibility index (Phi) is 3.33.